The van der Waals surface area contributed by atoms with E-state index in [2.05, 4.69) is 21.2 Å². The molecular formula is C33H30FeN4O3S. The molecule has 0 radical (unpaired) electrons. The summed E-state index contributed by atoms with van der Waals surface area (Å²) in [6.45, 7) is -3.88. The molecule has 1 aromatic carbocycles. The first-order valence-electron chi connectivity index (χ1n) is 15.6. The number of aromatic nitrogens is 2. The van der Waals surface area contributed by atoms with Crippen molar-refractivity contribution in [2.45, 2.75) is 91.8 Å². The Hall–Kier alpha value is -2.92. The third-order valence-corrected chi connectivity index (χ3v) is 64.0. The van der Waals surface area contributed by atoms with E-state index in [1.165, 1.54) is 24.2 Å². The van der Waals surface area contributed by atoms with E-state index < -0.39 is 12.6 Å². The Morgan fingerprint density at radius 3 is 2.26 bits per heavy atom. The molecule has 11 aliphatic rings. The van der Waals surface area contributed by atoms with Gasteiger partial charge in [0, 0.05) is 0 Å². The first kappa shape index (κ1) is 20.9. The minimum atomic E-state index is -3.88. The van der Waals surface area contributed by atoms with E-state index in [4.69, 9.17) is 10.8 Å². The Bertz CT molecular complexity index is 2200. The van der Waals surface area contributed by atoms with Gasteiger partial charge in [-0.25, -0.2) is 0 Å². The van der Waals surface area contributed by atoms with E-state index in [0.29, 0.717) is 16.5 Å². The van der Waals surface area contributed by atoms with Gasteiger partial charge in [0.1, 0.15) is 0 Å². The minimum absolute atomic E-state index is 0.120. The summed E-state index contributed by atoms with van der Waals surface area (Å²) >= 11 is 1.32. The molecule has 14 rings (SSSR count). The van der Waals surface area contributed by atoms with Crippen LogP contribution in [0.25, 0.3) is 11.3 Å². The van der Waals surface area contributed by atoms with Crippen LogP contribution in [-0.4, -0.2) is 33.9 Å². The molecule has 0 bridgehead atoms. The maximum atomic E-state index is 15.0. The average Bonchev–Trinajstić information content (AvgIpc) is 3.82. The number of nitrogens with zero attached hydrogens (tertiary/aromatic N) is 3. The number of nitrogens with one attached hydrogen (secondary N) is 1. The number of terminal acetylenes is 1. The Labute approximate surface area is 237 Å². The van der Waals surface area contributed by atoms with Gasteiger partial charge in [-0.2, -0.15) is 0 Å². The summed E-state index contributed by atoms with van der Waals surface area (Å²) in [5.74, 6) is 3.22. The van der Waals surface area contributed by atoms with E-state index in [0.717, 1.165) is 80.3 Å². The molecule has 3 aromatic rings. The molecular weight excluding hydrogens is 588 g/mol. The summed E-state index contributed by atoms with van der Waals surface area (Å²) in [5, 5.41) is 5.85. The normalized spacial score (nSPS) is 58.1. The molecule has 2 aromatic heterocycles. The molecule has 10 saturated heterocycles. The fourth-order valence-corrected chi connectivity index (χ4v) is 96.6. The van der Waals surface area contributed by atoms with Crippen LogP contribution in [0.1, 0.15) is 47.6 Å². The first-order chi connectivity index (χ1) is 20.3. The van der Waals surface area contributed by atoms with Gasteiger partial charge < -0.3 is 0 Å². The number of thiazole rings is 1. The van der Waals surface area contributed by atoms with Crippen LogP contribution >= 0.6 is 11.3 Å². The Morgan fingerprint density at radius 2 is 1.74 bits per heavy atom. The van der Waals surface area contributed by atoms with Crippen molar-refractivity contribution in [3.8, 4) is 23.7 Å². The summed E-state index contributed by atoms with van der Waals surface area (Å²) in [7, 11) is 0. The van der Waals surface area contributed by atoms with Crippen molar-refractivity contribution in [2.24, 2.45) is 0 Å². The maximum absolute atomic E-state index is 15.0. The zero-order valence-corrected chi connectivity index (χ0v) is 24.8. The molecule has 1 aliphatic carbocycles. The topological polar surface area (TPSA) is 88.3 Å². The average molecular weight is 619 g/mol. The number of amides is 2. The third-order valence-electron chi connectivity index (χ3n) is 20.6. The number of fused-ring (bicyclic) bond motifs is 10. The quantitative estimate of drug-likeness (QED) is 0.228. The molecule has 214 valence electrons. The molecule has 10 aliphatic heterocycles. The van der Waals surface area contributed by atoms with Crippen molar-refractivity contribution in [3.63, 3.8) is 0 Å². The molecule has 1 spiro atoms. The third kappa shape index (κ3) is 0.615. The van der Waals surface area contributed by atoms with Crippen molar-refractivity contribution in [3.05, 3.63) is 52.9 Å². The summed E-state index contributed by atoms with van der Waals surface area (Å²) in [4.78, 5) is 49.3. The van der Waals surface area contributed by atoms with E-state index in [1.807, 2.05) is 29.2 Å². The van der Waals surface area contributed by atoms with Crippen LogP contribution in [0.15, 0.2) is 46.7 Å². The predicted molar refractivity (Wildman–Crippen MR) is 154 cm³/mol. The molecule has 11 fully saturated rings. The zero-order valence-electron chi connectivity index (χ0n) is 22.8. The second kappa shape index (κ2) is 3.46. The van der Waals surface area contributed by atoms with Crippen molar-refractivity contribution in [2.75, 3.05) is 4.90 Å². The number of hydrogen-bond donors (Lipinski definition) is 1. The van der Waals surface area contributed by atoms with Crippen LogP contribution in [0.2, 0.25) is 47.7 Å². The summed E-state index contributed by atoms with van der Waals surface area (Å²) in [5.41, 5.74) is 2.03. The molecule has 5 unspecified atom stereocenters. The van der Waals surface area contributed by atoms with Crippen LogP contribution in [-0.2, 0) is 11.3 Å². The Morgan fingerprint density at radius 1 is 1.05 bits per heavy atom. The van der Waals surface area contributed by atoms with E-state index in [9.17, 15) is 9.59 Å². The molecule has 42 heavy (non-hydrogen) atoms. The number of benzene rings is 1. The monoisotopic (exact) mass is 618 g/mol. The van der Waals surface area contributed by atoms with Crippen molar-refractivity contribution < 1.29 is 20.5 Å². The van der Waals surface area contributed by atoms with E-state index >= 15 is 0 Å². The Kier molecular flexibility index (Phi) is 1.72. The first-order valence-corrected chi connectivity index (χ1v) is 22.8. The molecule has 12 heterocycles. The summed E-state index contributed by atoms with van der Waals surface area (Å²) in [6, 6.07) is 7.75. The predicted octanol–water partition coefficient (Wildman–Crippen LogP) is 7.00. The molecule has 2 amide bonds. The number of carbonyl (C=O) groups excluding carboxylic acids is 2. The second-order valence-electron chi connectivity index (χ2n) is 17.3. The summed E-state index contributed by atoms with van der Waals surface area (Å²) < 4.78 is 5.69. The second-order valence-corrected chi connectivity index (χ2v) is 41.7. The Balaban J connectivity index is 0.974. The zero-order chi connectivity index (χ0) is 27.5. The van der Waals surface area contributed by atoms with Crippen molar-refractivity contribution >= 4 is 28.8 Å². The van der Waals surface area contributed by atoms with Gasteiger partial charge in [-0.15, -0.1) is 0 Å². The SMILES string of the molecule is C#Cc1nc(C(=O)N(c2ccc(-c3cnco3)cc2)C(C(=O)NC2CCCCC2)[C]23[CH]4[CH]5[CH]6[CH]2[Fe]56432789[CH]3[CH]2[CH]7[CH]8[CH]39)cs1. The number of oxazole rings is 1. The van der Waals surface area contributed by atoms with Gasteiger partial charge >= 0.3 is 238 Å². The molecule has 5 atom stereocenters. The number of carbonyl (C=O) groups is 2. The number of hydrogen-bond acceptors (Lipinski definition) is 6. The molecule has 1 saturated carbocycles. The van der Waals surface area contributed by atoms with Gasteiger partial charge in [0.2, 0.25) is 0 Å². The van der Waals surface area contributed by atoms with E-state index in [1.54, 1.807) is 11.6 Å². The molecule has 9 heteroatoms. The molecule has 7 nitrogen and oxygen atoms in total. The van der Waals surface area contributed by atoms with Crippen molar-refractivity contribution in [1.29, 1.82) is 0 Å². The number of rotatable bonds is 7. The summed E-state index contributed by atoms with van der Waals surface area (Å²) in [6.07, 6.45) is 14.4. The van der Waals surface area contributed by atoms with Crippen LogP contribution in [0, 0.1) is 12.3 Å². The van der Waals surface area contributed by atoms with Gasteiger partial charge in [-0.05, 0) is 0 Å². The number of anilines is 1. The van der Waals surface area contributed by atoms with Gasteiger partial charge in [0.25, 0.3) is 0 Å². The van der Waals surface area contributed by atoms with Gasteiger partial charge in [0.05, 0.1) is 0 Å². The van der Waals surface area contributed by atoms with Gasteiger partial charge in [-0.1, -0.05) is 0 Å². The van der Waals surface area contributed by atoms with Crippen molar-refractivity contribution in [1.82, 2.24) is 15.3 Å². The fraction of sp³-hybridized carbons (Fsp3) is 0.515. The van der Waals surface area contributed by atoms with Crippen LogP contribution < -0.4 is 10.2 Å². The fourth-order valence-electron chi connectivity index (χ4n) is 21.2. The van der Waals surface area contributed by atoms with Crippen LogP contribution in [0.5, 0.6) is 0 Å². The van der Waals surface area contributed by atoms with E-state index in [-0.39, 0.29) is 22.2 Å². The van der Waals surface area contributed by atoms with Crippen LogP contribution in [0.3, 0.4) is 0 Å². The standard InChI is InChI=1S/C28H25N4O3S.C5H5.Fe/c1-2-25-31-23(17-36-25)28(34)32(22-14-12-19(13-15-22)24-16-29-18-35-24)26(20-8-6-7-9-20)27(33)30-21-10-4-3-5-11-21;1-2-4-5-3-1;/h1,6-9,12-18,21,26H,3-5,10-11H2,(H,30,33);1-5H;. The van der Waals surface area contributed by atoms with Gasteiger partial charge in [0.15, 0.2) is 0 Å². The van der Waals surface area contributed by atoms with Gasteiger partial charge in [-0.3, -0.25) is 0 Å². The molecule has 1 N–H and O–H groups in total. The van der Waals surface area contributed by atoms with Crippen LogP contribution in [0.4, 0.5) is 5.69 Å².